The van der Waals surface area contributed by atoms with Crippen LogP contribution in [0.5, 0.6) is 5.75 Å². The minimum atomic E-state index is -0.567. The van der Waals surface area contributed by atoms with Gasteiger partial charge >= 0.3 is 0 Å². The van der Waals surface area contributed by atoms with Gasteiger partial charge in [0.1, 0.15) is 5.75 Å². The molecule has 0 bridgehead atoms. The summed E-state index contributed by atoms with van der Waals surface area (Å²) in [7, 11) is 0. The lowest BCUT2D eigenvalue weighted by Crippen LogP contribution is -2.40. The zero-order valence-electron chi connectivity index (χ0n) is 12.6. The van der Waals surface area contributed by atoms with Crippen LogP contribution in [0.2, 0.25) is 0 Å². The fourth-order valence-electron chi connectivity index (χ4n) is 4.35. The van der Waals surface area contributed by atoms with Crippen molar-refractivity contribution >= 4 is 0 Å². The van der Waals surface area contributed by atoms with Crippen molar-refractivity contribution in [3.63, 3.8) is 0 Å². The minimum absolute atomic E-state index is 0.213. The molecule has 1 aromatic carbocycles. The summed E-state index contributed by atoms with van der Waals surface area (Å²) < 4.78 is 0. The van der Waals surface area contributed by atoms with Crippen LogP contribution in [-0.2, 0) is 6.42 Å². The van der Waals surface area contributed by atoms with E-state index in [0.717, 1.165) is 44.9 Å². The van der Waals surface area contributed by atoms with E-state index in [2.05, 4.69) is 6.07 Å². The second kappa shape index (κ2) is 5.98. The van der Waals surface area contributed by atoms with Gasteiger partial charge in [-0.15, -0.1) is 0 Å². The second-order valence-electron chi connectivity index (χ2n) is 6.94. The maximum absolute atomic E-state index is 10.9. The monoisotopic (exact) mass is 290 g/mol. The molecule has 3 atom stereocenters. The first kappa shape index (κ1) is 14.9. The molecule has 3 rings (SSSR count). The van der Waals surface area contributed by atoms with Crippen LogP contribution in [0.1, 0.15) is 62.0 Å². The Labute approximate surface area is 126 Å². The number of fused-ring (bicyclic) bond motifs is 3. The van der Waals surface area contributed by atoms with E-state index in [0.29, 0.717) is 17.6 Å². The molecule has 3 nitrogen and oxygen atoms in total. The van der Waals surface area contributed by atoms with Crippen LogP contribution >= 0.6 is 0 Å². The second-order valence-corrected chi connectivity index (χ2v) is 6.94. The van der Waals surface area contributed by atoms with Crippen molar-refractivity contribution in [1.29, 1.82) is 0 Å². The molecule has 2 aliphatic rings. The van der Waals surface area contributed by atoms with Crippen molar-refractivity contribution < 1.29 is 15.3 Å². The Bertz CT molecular complexity index is 499. The lowest BCUT2D eigenvalue weighted by molar-refractivity contribution is -0.0309. The number of phenolic OH excluding ortho intramolecular Hbond substituents is 1. The van der Waals surface area contributed by atoms with Crippen LogP contribution < -0.4 is 0 Å². The van der Waals surface area contributed by atoms with Gasteiger partial charge in [-0.2, -0.15) is 0 Å². The quantitative estimate of drug-likeness (QED) is 0.747. The highest BCUT2D eigenvalue weighted by atomic mass is 16.3. The topological polar surface area (TPSA) is 60.7 Å². The number of hydrogen-bond acceptors (Lipinski definition) is 3. The summed E-state index contributed by atoms with van der Waals surface area (Å²) in [5, 5.41) is 29.5. The Morgan fingerprint density at radius 1 is 1.19 bits per heavy atom. The summed E-state index contributed by atoms with van der Waals surface area (Å²) in [5.41, 5.74) is 2.03. The van der Waals surface area contributed by atoms with Crippen molar-refractivity contribution in [2.75, 3.05) is 6.61 Å². The molecular weight excluding hydrogens is 264 g/mol. The summed E-state index contributed by atoms with van der Waals surface area (Å²) in [4.78, 5) is 0. The van der Waals surface area contributed by atoms with Crippen LogP contribution in [0.15, 0.2) is 18.2 Å². The number of benzene rings is 1. The molecule has 0 aromatic heterocycles. The van der Waals surface area contributed by atoms with E-state index in [-0.39, 0.29) is 6.61 Å². The third kappa shape index (κ3) is 3.09. The predicted octanol–water partition coefficient (Wildman–Crippen LogP) is 3.12. The van der Waals surface area contributed by atoms with E-state index >= 15 is 0 Å². The van der Waals surface area contributed by atoms with Crippen molar-refractivity contribution in [2.24, 2.45) is 5.92 Å². The van der Waals surface area contributed by atoms with Gasteiger partial charge in [0.25, 0.3) is 0 Å². The van der Waals surface area contributed by atoms with E-state index in [1.165, 1.54) is 17.5 Å². The molecule has 0 spiro atoms. The van der Waals surface area contributed by atoms with E-state index in [1.807, 2.05) is 6.07 Å². The molecular formula is C18H26O3. The number of phenols is 1. The number of aliphatic hydroxyl groups is 2. The Kier molecular flexibility index (Phi) is 4.23. The number of hydrogen-bond donors (Lipinski definition) is 3. The van der Waals surface area contributed by atoms with E-state index in [4.69, 9.17) is 5.11 Å². The van der Waals surface area contributed by atoms with Gasteiger partial charge in [0.05, 0.1) is 5.60 Å². The van der Waals surface area contributed by atoms with Gasteiger partial charge in [0, 0.05) is 6.61 Å². The first-order valence-corrected chi connectivity index (χ1v) is 8.26. The fourth-order valence-corrected chi connectivity index (χ4v) is 4.35. The highest BCUT2D eigenvalue weighted by Crippen LogP contribution is 2.49. The Balaban J connectivity index is 1.77. The zero-order chi connectivity index (χ0) is 14.9. The summed E-state index contributed by atoms with van der Waals surface area (Å²) in [6, 6.07) is 5.73. The first-order chi connectivity index (χ1) is 10.1. The Morgan fingerprint density at radius 2 is 2.05 bits per heavy atom. The summed E-state index contributed by atoms with van der Waals surface area (Å²) in [6.07, 6.45) is 7.52. The van der Waals surface area contributed by atoms with Crippen LogP contribution in [0.4, 0.5) is 0 Å². The van der Waals surface area contributed by atoms with Crippen LogP contribution in [0.25, 0.3) is 0 Å². The maximum atomic E-state index is 10.9. The van der Waals surface area contributed by atoms with Gasteiger partial charge in [-0.25, -0.2) is 0 Å². The molecule has 0 aliphatic heterocycles. The Hall–Kier alpha value is -1.06. The summed E-state index contributed by atoms with van der Waals surface area (Å²) >= 11 is 0. The van der Waals surface area contributed by atoms with E-state index < -0.39 is 5.60 Å². The van der Waals surface area contributed by atoms with Crippen LogP contribution in [0, 0.1) is 5.92 Å². The van der Waals surface area contributed by atoms with Crippen LogP contribution in [0.3, 0.4) is 0 Å². The number of rotatable bonds is 4. The van der Waals surface area contributed by atoms with E-state index in [1.54, 1.807) is 6.07 Å². The molecule has 3 heteroatoms. The van der Waals surface area contributed by atoms with Crippen molar-refractivity contribution in [1.82, 2.24) is 0 Å². The molecule has 0 radical (unpaired) electrons. The number of aromatic hydroxyl groups is 1. The standard InChI is InChI=1S/C18H26O3/c19-10-2-1-8-18(21)9-7-13-3-4-14-11-15(20)5-6-16(14)17(13)12-18/h5-6,11,13,17,19-21H,1-4,7-10,12H2/t13?,17?,18-/m0/s1. The third-order valence-electron chi connectivity index (χ3n) is 5.51. The highest BCUT2D eigenvalue weighted by molar-refractivity contribution is 5.39. The van der Waals surface area contributed by atoms with Gasteiger partial charge in [-0.05, 0) is 86.5 Å². The van der Waals surface area contributed by atoms with Crippen LogP contribution in [-0.4, -0.2) is 27.5 Å². The molecule has 3 N–H and O–H groups in total. The minimum Gasteiger partial charge on any atom is -0.508 e. The molecule has 0 saturated heterocycles. The molecule has 0 heterocycles. The smallest absolute Gasteiger partial charge is 0.115 e. The summed E-state index contributed by atoms with van der Waals surface area (Å²) in [5.74, 6) is 1.46. The molecule has 2 unspecified atom stereocenters. The average Bonchev–Trinajstić information content (AvgIpc) is 2.47. The largest absolute Gasteiger partial charge is 0.508 e. The SMILES string of the molecule is OCCCC[C@]1(O)CCC2CCc3cc(O)ccc3C2C1. The van der Waals surface area contributed by atoms with Gasteiger partial charge in [0.15, 0.2) is 0 Å². The van der Waals surface area contributed by atoms with Gasteiger partial charge in [-0.3, -0.25) is 0 Å². The predicted molar refractivity (Wildman–Crippen MR) is 82.4 cm³/mol. The molecule has 1 fully saturated rings. The van der Waals surface area contributed by atoms with Gasteiger partial charge in [0.2, 0.25) is 0 Å². The Morgan fingerprint density at radius 3 is 2.86 bits per heavy atom. The molecule has 1 saturated carbocycles. The number of unbranched alkanes of at least 4 members (excludes halogenated alkanes) is 1. The fraction of sp³-hybridized carbons (Fsp3) is 0.667. The lowest BCUT2D eigenvalue weighted by atomic mass is 9.63. The average molecular weight is 290 g/mol. The van der Waals surface area contributed by atoms with Crippen molar-refractivity contribution in [3.05, 3.63) is 29.3 Å². The highest BCUT2D eigenvalue weighted by Gasteiger charge is 2.41. The normalized spacial score (nSPS) is 31.5. The molecule has 2 aliphatic carbocycles. The molecule has 116 valence electrons. The summed E-state index contributed by atoms with van der Waals surface area (Å²) in [6.45, 7) is 0.213. The maximum Gasteiger partial charge on any atom is 0.115 e. The van der Waals surface area contributed by atoms with Crippen molar-refractivity contribution in [2.45, 2.75) is 62.9 Å². The van der Waals surface area contributed by atoms with Gasteiger partial charge in [-0.1, -0.05) is 6.07 Å². The third-order valence-corrected chi connectivity index (χ3v) is 5.51. The number of aryl methyl sites for hydroxylation is 1. The van der Waals surface area contributed by atoms with Crippen molar-refractivity contribution in [3.8, 4) is 5.75 Å². The molecule has 21 heavy (non-hydrogen) atoms. The number of aliphatic hydroxyl groups excluding tert-OH is 1. The first-order valence-electron chi connectivity index (χ1n) is 8.26. The van der Waals surface area contributed by atoms with E-state index in [9.17, 15) is 10.2 Å². The molecule has 1 aromatic rings. The van der Waals surface area contributed by atoms with Gasteiger partial charge < -0.3 is 15.3 Å². The lowest BCUT2D eigenvalue weighted by Gasteiger charge is -2.45. The molecule has 0 amide bonds. The zero-order valence-corrected chi connectivity index (χ0v) is 12.6.